The van der Waals surface area contributed by atoms with Crippen molar-refractivity contribution in [2.45, 2.75) is 25.4 Å². The van der Waals surface area contributed by atoms with Gasteiger partial charge in [-0.2, -0.15) is 0 Å². The van der Waals surface area contributed by atoms with Crippen LogP contribution < -0.4 is 4.90 Å². The molecule has 110 valence electrons. The Morgan fingerprint density at radius 1 is 1.40 bits per heavy atom. The summed E-state index contributed by atoms with van der Waals surface area (Å²) >= 11 is 0. The molecule has 1 fully saturated rings. The monoisotopic (exact) mass is 285 g/mol. The number of carboxylic acids is 1. The summed E-state index contributed by atoms with van der Waals surface area (Å²) in [6, 6.07) is 1.66. The Morgan fingerprint density at radius 2 is 2.05 bits per heavy atom. The number of nitrogens with zero attached hydrogens (tertiary/aromatic N) is 1. The van der Waals surface area contributed by atoms with Gasteiger partial charge < -0.3 is 14.7 Å². The van der Waals surface area contributed by atoms with E-state index in [2.05, 4.69) is 0 Å². The molecule has 1 aromatic rings. The van der Waals surface area contributed by atoms with Gasteiger partial charge in [0.15, 0.2) is 0 Å². The largest absolute Gasteiger partial charge is 0.478 e. The van der Waals surface area contributed by atoms with E-state index in [1.807, 2.05) is 0 Å². The highest BCUT2D eigenvalue weighted by atomic mass is 19.1. The van der Waals surface area contributed by atoms with Crippen LogP contribution in [0.4, 0.5) is 14.5 Å². The van der Waals surface area contributed by atoms with Crippen molar-refractivity contribution in [3.05, 3.63) is 29.3 Å². The van der Waals surface area contributed by atoms with Crippen molar-refractivity contribution in [3.8, 4) is 0 Å². The van der Waals surface area contributed by atoms with Crippen LogP contribution in [0.3, 0.4) is 0 Å². The first kappa shape index (κ1) is 14.7. The summed E-state index contributed by atoms with van der Waals surface area (Å²) in [6.45, 7) is 1.04. The Bertz CT molecular complexity index is 478. The molecule has 1 atom stereocenters. The Balaban J connectivity index is 2.16. The minimum atomic E-state index is -1.35. The van der Waals surface area contributed by atoms with Crippen molar-refractivity contribution in [1.29, 1.82) is 0 Å². The highest BCUT2D eigenvalue weighted by molar-refractivity contribution is 5.88. The number of anilines is 1. The van der Waals surface area contributed by atoms with E-state index < -0.39 is 23.2 Å². The second-order valence-electron chi connectivity index (χ2n) is 4.96. The van der Waals surface area contributed by atoms with Gasteiger partial charge in [-0.3, -0.25) is 0 Å². The van der Waals surface area contributed by atoms with Gasteiger partial charge in [-0.05, 0) is 31.4 Å². The third-order valence-corrected chi connectivity index (χ3v) is 3.40. The summed E-state index contributed by atoms with van der Waals surface area (Å²) < 4.78 is 33.3. The zero-order valence-electron chi connectivity index (χ0n) is 11.2. The van der Waals surface area contributed by atoms with Crippen LogP contribution >= 0.6 is 0 Å². The van der Waals surface area contributed by atoms with Gasteiger partial charge in [-0.25, -0.2) is 13.6 Å². The molecule has 20 heavy (non-hydrogen) atoms. The molecule has 1 heterocycles. The summed E-state index contributed by atoms with van der Waals surface area (Å²) in [5, 5.41) is 8.76. The minimum absolute atomic E-state index is 0.0494. The maximum atomic E-state index is 13.9. The average Bonchev–Trinajstić information content (AvgIpc) is 2.38. The van der Waals surface area contributed by atoms with Gasteiger partial charge in [0.05, 0.1) is 11.7 Å². The molecule has 0 radical (unpaired) electrons. The molecule has 1 aromatic carbocycles. The molecule has 0 spiro atoms. The van der Waals surface area contributed by atoms with Crippen molar-refractivity contribution < 1.29 is 23.4 Å². The summed E-state index contributed by atoms with van der Waals surface area (Å²) in [6.07, 6.45) is 2.87. The van der Waals surface area contributed by atoms with Crippen LogP contribution in [-0.4, -0.2) is 37.4 Å². The minimum Gasteiger partial charge on any atom is -0.478 e. The van der Waals surface area contributed by atoms with Crippen LogP contribution in [0, 0.1) is 11.6 Å². The molecule has 1 unspecified atom stereocenters. The van der Waals surface area contributed by atoms with Gasteiger partial charge in [0.25, 0.3) is 0 Å². The third-order valence-electron chi connectivity index (χ3n) is 3.40. The molecule has 0 saturated carbocycles. The molecule has 6 heteroatoms. The van der Waals surface area contributed by atoms with Crippen molar-refractivity contribution in [3.63, 3.8) is 0 Å². The molecular weight excluding hydrogens is 268 g/mol. The van der Waals surface area contributed by atoms with E-state index in [4.69, 9.17) is 9.84 Å². The number of carbonyl (C=O) groups is 1. The van der Waals surface area contributed by atoms with E-state index >= 15 is 0 Å². The number of hydrogen-bond acceptors (Lipinski definition) is 3. The van der Waals surface area contributed by atoms with Crippen LogP contribution in [0.15, 0.2) is 12.1 Å². The molecule has 1 aliphatic rings. The molecule has 1 aliphatic heterocycles. The Kier molecular flexibility index (Phi) is 4.54. The van der Waals surface area contributed by atoms with Gasteiger partial charge in [0.2, 0.25) is 0 Å². The van der Waals surface area contributed by atoms with E-state index in [9.17, 15) is 13.6 Å². The van der Waals surface area contributed by atoms with Crippen molar-refractivity contribution >= 4 is 11.7 Å². The number of hydrogen-bond donors (Lipinski definition) is 1. The maximum Gasteiger partial charge on any atom is 0.335 e. The van der Waals surface area contributed by atoms with Crippen LogP contribution in [-0.2, 0) is 4.74 Å². The highest BCUT2D eigenvalue weighted by Crippen LogP contribution is 2.25. The quantitative estimate of drug-likeness (QED) is 0.924. The molecule has 4 nitrogen and oxygen atoms in total. The van der Waals surface area contributed by atoms with Crippen molar-refractivity contribution in [1.82, 2.24) is 0 Å². The molecule has 1 N–H and O–H groups in total. The lowest BCUT2D eigenvalue weighted by Crippen LogP contribution is -2.34. The lowest BCUT2D eigenvalue weighted by Gasteiger charge is -2.29. The SMILES string of the molecule is CN(CC1CCCCO1)c1c(F)cc(C(=O)O)cc1F. The first-order valence-electron chi connectivity index (χ1n) is 6.54. The molecule has 2 rings (SSSR count). The fourth-order valence-electron chi connectivity index (χ4n) is 2.40. The number of likely N-dealkylation sites (N-methyl/N-ethyl adjacent to an activating group) is 1. The number of halogens is 2. The Morgan fingerprint density at radius 3 is 2.55 bits per heavy atom. The zero-order chi connectivity index (χ0) is 14.7. The topological polar surface area (TPSA) is 49.8 Å². The average molecular weight is 285 g/mol. The number of ether oxygens (including phenoxy) is 1. The second-order valence-corrected chi connectivity index (χ2v) is 4.96. The van der Waals surface area contributed by atoms with Crippen molar-refractivity contribution in [2.24, 2.45) is 0 Å². The first-order valence-corrected chi connectivity index (χ1v) is 6.54. The lowest BCUT2D eigenvalue weighted by molar-refractivity contribution is 0.0215. The number of benzene rings is 1. The van der Waals surface area contributed by atoms with Crippen LogP contribution in [0.5, 0.6) is 0 Å². The number of carboxylic acid groups (broad SMARTS) is 1. The molecule has 0 aliphatic carbocycles. The van der Waals surface area contributed by atoms with Gasteiger partial charge in [-0.1, -0.05) is 0 Å². The van der Waals surface area contributed by atoms with Gasteiger partial charge in [-0.15, -0.1) is 0 Å². The highest BCUT2D eigenvalue weighted by Gasteiger charge is 2.21. The summed E-state index contributed by atoms with van der Waals surface area (Å²) in [4.78, 5) is 12.2. The van der Waals surface area contributed by atoms with Crippen LogP contribution in [0.25, 0.3) is 0 Å². The molecule has 0 amide bonds. The standard InChI is InChI=1S/C14H17F2NO3/c1-17(8-10-4-2-3-5-20-10)13-11(15)6-9(14(18)19)7-12(13)16/h6-7,10H,2-5,8H2,1H3,(H,18,19). The van der Waals surface area contributed by atoms with E-state index in [0.29, 0.717) is 13.2 Å². The molecule has 0 aromatic heterocycles. The second kappa shape index (κ2) is 6.17. The summed E-state index contributed by atoms with van der Waals surface area (Å²) in [5.41, 5.74) is -0.616. The van der Waals surface area contributed by atoms with Gasteiger partial charge >= 0.3 is 5.97 Å². The molecule has 0 bridgehead atoms. The van der Waals surface area contributed by atoms with Crippen LogP contribution in [0.1, 0.15) is 29.6 Å². The van der Waals surface area contributed by atoms with E-state index in [-0.39, 0.29) is 11.8 Å². The number of aromatic carboxylic acids is 1. The summed E-state index contributed by atoms with van der Waals surface area (Å²) in [7, 11) is 1.57. The Hall–Kier alpha value is -1.69. The molecule has 1 saturated heterocycles. The van der Waals surface area contributed by atoms with Gasteiger partial charge in [0.1, 0.15) is 17.3 Å². The van der Waals surface area contributed by atoms with E-state index in [0.717, 1.165) is 31.4 Å². The smallest absolute Gasteiger partial charge is 0.335 e. The fourth-order valence-corrected chi connectivity index (χ4v) is 2.40. The summed E-state index contributed by atoms with van der Waals surface area (Å²) in [5.74, 6) is -3.10. The van der Waals surface area contributed by atoms with Gasteiger partial charge in [0, 0.05) is 20.2 Å². The van der Waals surface area contributed by atoms with E-state index in [1.165, 1.54) is 4.90 Å². The lowest BCUT2D eigenvalue weighted by atomic mass is 10.1. The fraction of sp³-hybridized carbons (Fsp3) is 0.500. The third kappa shape index (κ3) is 3.25. The van der Waals surface area contributed by atoms with E-state index in [1.54, 1.807) is 7.05 Å². The van der Waals surface area contributed by atoms with Crippen molar-refractivity contribution in [2.75, 3.05) is 25.1 Å². The number of rotatable bonds is 4. The van der Waals surface area contributed by atoms with Crippen LogP contribution in [0.2, 0.25) is 0 Å². The molecular formula is C14H17F2NO3. The first-order chi connectivity index (χ1) is 9.49. The Labute approximate surface area is 116 Å². The predicted octanol–water partition coefficient (Wildman–Crippen LogP) is 2.67. The normalized spacial score (nSPS) is 18.9. The maximum absolute atomic E-state index is 13.9. The zero-order valence-corrected chi connectivity index (χ0v) is 11.2. The predicted molar refractivity (Wildman–Crippen MR) is 70.2 cm³/mol.